The number of carbonyl (C=O) groups is 4. The summed E-state index contributed by atoms with van der Waals surface area (Å²) in [6.45, 7) is -0.752. The highest BCUT2D eigenvalue weighted by molar-refractivity contribution is 7.66. The molecule has 13 heteroatoms. The highest BCUT2D eigenvalue weighted by Crippen LogP contribution is 2.65. The molecule has 0 spiro atoms. The van der Waals surface area contributed by atoms with Crippen molar-refractivity contribution >= 4 is 47.8 Å². The summed E-state index contributed by atoms with van der Waals surface area (Å²) in [5.41, 5.74) is 0.375. The zero-order valence-corrected chi connectivity index (χ0v) is 27.4. The van der Waals surface area contributed by atoms with E-state index in [2.05, 4.69) is 10.6 Å². The molecule has 0 unspecified atom stereocenters. The van der Waals surface area contributed by atoms with Crippen LogP contribution < -0.4 is 27.1 Å². The molecule has 0 aliphatic carbocycles. The molecule has 0 fully saturated rings. The number of amides is 2. The number of benzene rings is 4. The van der Waals surface area contributed by atoms with Crippen LogP contribution in [0.1, 0.15) is 43.4 Å². The Bertz CT molecular complexity index is 2080. The first-order valence-corrected chi connectivity index (χ1v) is 16.7. The van der Waals surface area contributed by atoms with Crippen molar-refractivity contribution in [2.45, 2.75) is 11.6 Å². The zero-order valence-electron chi connectivity index (χ0n) is 26.5. The lowest BCUT2D eigenvalue weighted by molar-refractivity contribution is -0.140. The fourth-order valence-corrected chi connectivity index (χ4v) is 9.37. The zero-order chi connectivity index (χ0) is 34.7. The molecule has 0 saturated carbocycles. The summed E-state index contributed by atoms with van der Waals surface area (Å²) >= 11 is 0. The molecule has 0 bridgehead atoms. The van der Waals surface area contributed by atoms with Crippen LogP contribution in [0.3, 0.4) is 0 Å². The fourth-order valence-electron chi connectivity index (χ4n) is 6.07. The van der Waals surface area contributed by atoms with Gasteiger partial charge in [0, 0.05) is 11.1 Å². The van der Waals surface area contributed by atoms with Gasteiger partial charge in [0.05, 0.1) is 25.0 Å². The van der Waals surface area contributed by atoms with Gasteiger partial charge in [-0.3, -0.25) is 28.8 Å². The number of ether oxygens (including phenoxy) is 2. The minimum absolute atomic E-state index is 0.198. The molecule has 248 valence electrons. The van der Waals surface area contributed by atoms with E-state index in [0.717, 1.165) is 5.30 Å². The van der Waals surface area contributed by atoms with Crippen molar-refractivity contribution in [3.05, 3.63) is 146 Å². The third kappa shape index (κ3) is 6.14. The summed E-state index contributed by atoms with van der Waals surface area (Å²) in [5.74, 6) is -4.17. The van der Waals surface area contributed by atoms with Crippen molar-refractivity contribution < 1.29 is 28.7 Å². The molecule has 2 atom stereocenters. The molecule has 1 aromatic heterocycles. The third-order valence-corrected chi connectivity index (χ3v) is 11.2. The van der Waals surface area contributed by atoms with Gasteiger partial charge in [0.2, 0.25) is 0 Å². The fraction of sp³-hybridized carbons (Fsp3) is 0.167. The van der Waals surface area contributed by atoms with E-state index in [4.69, 9.17) is 9.47 Å². The maximum absolute atomic E-state index is 14.6. The van der Waals surface area contributed by atoms with Crippen molar-refractivity contribution in [1.29, 1.82) is 0 Å². The van der Waals surface area contributed by atoms with Crippen LogP contribution >= 0.6 is 7.92 Å². The number of esters is 2. The van der Waals surface area contributed by atoms with Crippen LogP contribution in [0.5, 0.6) is 0 Å². The quantitative estimate of drug-likeness (QED) is 0.178. The second-order valence-electron chi connectivity index (χ2n) is 11.0. The van der Waals surface area contributed by atoms with Gasteiger partial charge in [-0.15, -0.1) is 0 Å². The number of fused-ring (bicyclic) bond motifs is 2. The topological polar surface area (TPSA) is 155 Å². The van der Waals surface area contributed by atoms with E-state index in [1.807, 2.05) is 30.3 Å². The number of hydrogen-bond acceptors (Lipinski definition) is 8. The highest BCUT2D eigenvalue weighted by atomic mass is 31.1. The number of methoxy groups -OCH3 is 2. The molecule has 2 heterocycles. The molecule has 2 N–H and O–H groups in total. The second kappa shape index (κ2) is 14.1. The van der Waals surface area contributed by atoms with Gasteiger partial charge in [-0.05, 0) is 48.6 Å². The van der Waals surface area contributed by atoms with E-state index < -0.39 is 54.4 Å². The van der Waals surface area contributed by atoms with Crippen molar-refractivity contribution in [3.63, 3.8) is 0 Å². The Morgan fingerprint density at radius 2 is 0.980 bits per heavy atom. The molecule has 0 saturated heterocycles. The number of carbonyl (C=O) groups excluding carboxylic acids is 4. The van der Waals surface area contributed by atoms with Crippen LogP contribution in [0.4, 0.5) is 0 Å². The van der Waals surface area contributed by atoms with E-state index in [1.165, 1.54) is 23.6 Å². The number of nitrogens with zero attached hydrogens (tertiary/aromatic N) is 2. The van der Waals surface area contributed by atoms with Gasteiger partial charge in [-0.2, -0.15) is 0 Å². The van der Waals surface area contributed by atoms with Gasteiger partial charge >= 0.3 is 11.9 Å². The maximum Gasteiger partial charge on any atom is 0.325 e. The first-order valence-electron chi connectivity index (χ1n) is 15.2. The molecule has 12 nitrogen and oxygen atoms in total. The summed E-state index contributed by atoms with van der Waals surface area (Å²) in [6, 6.07) is 29.3. The van der Waals surface area contributed by atoms with E-state index in [1.54, 1.807) is 72.8 Å². The summed E-state index contributed by atoms with van der Waals surface area (Å²) < 4.78 is 12.2. The summed E-state index contributed by atoms with van der Waals surface area (Å²) in [6.07, 6.45) is 0. The van der Waals surface area contributed by atoms with Gasteiger partial charge in [-0.1, -0.05) is 78.9 Å². The van der Waals surface area contributed by atoms with Crippen LogP contribution in [0.2, 0.25) is 0 Å². The van der Waals surface area contributed by atoms with E-state index in [-0.39, 0.29) is 35.0 Å². The van der Waals surface area contributed by atoms with Crippen LogP contribution in [-0.4, -0.2) is 60.4 Å². The minimum atomic E-state index is -1.69. The lowest BCUT2D eigenvalue weighted by Crippen LogP contribution is -2.38. The largest absolute Gasteiger partial charge is 0.468 e. The van der Waals surface area contributed by atoms with Gasteiger partial charge in [0.1, 0.15) is 24.7 Å². The average molecular weight is 679 g/mol. The van der Waals surface area contributed by atoms with Crippen LogP contribution in [0.25, 0.3) is 10.8 Å². The molecule has 1 aliphatic rings. The summed E-state index contributed by atoms with van der Waals surface area (Å²) in [5, 5.41) is 6.38. The molecule has 49 heavy (non-hydrogen) atoms. The molecular formula is C36H31N4O8P. The Hall–Kier alpha value is -5.87. The third-order valence-electron chi connectivity index (χ3n) is 8.29. The summed E-state index contributed by atoms with van der Waals surface area (Å²) in [7, 11) is 0.740. The van der Waals surface area contributed by atoms with Crippen LogP contribution in [0, 0.1) is 0 Å². The second-order valence-corrected chi connectivity index (χ2v) is 13.3. The Morgan fingerprint density at radius 3 is 1.41 bits per heavy atom. The predicted octanol–water partition coefficient (Wildman–Crippen LogP) is 2.88. The van der Waals surface area contributed by atoms with Crippen LogP contribution in [-0.2, 0) is 19.1 Å². The van der Waals surface area contributed by atoms with Gasteiger partial charge in [-0.25, -0.2) is 9.36 Å². The molecule has 5 aromatic rings. The Kier molecular flexibility index (Phi) is 9.50. The smallest absolute Gasteiger partial charge is 0.325 e. The minimum Gasteiger partial charge on any atom is -0.468 e. The lowest BCUT2D eigenvalue weighted by atomic mass is 10.1. The van der Waals surface area contributed by atoms with Crippen molar-refractivity contribution in [3.8, 4) is 0 Å². The molecule has 2 amide bonds. The maximum atomic E-state index is 14.6. The number of aromatic nitrogens is 2. The Labute approximate surface area is 281 Å². The standard InChI is InChI=1S/C36H31N4O8P/c1-47-29(41)20-37-31(43)23-14-6-10-18-27(23)35-39-33(45)25-16-8-9-17-26(25)34(46)40(39)36(49(35)22-12-4-3-5-13-22)28-19-11-7-15-24(28)32(44)38-21-30(42)48-2/h3-19,35-36H,20-21H2,1-2H3,(H,37,43)(H,38,44)/t35-,36-/m1/s1. The van der Waals surface area contributed by atoms with E-state index >= 15 is 0 Å². The Balaban J connectivity index is 1.66. The molecule has 0 radical (unpaired) electrons. The molecule has 6 rings (SSSR count). The van der Waals surface area contributed by atoms with Crippen molar-refractivity contribution in [1.82, 2.24) is 20.0 Å². The average Bonchev–Trinajstić information content (AvgIpc) is 3.51. The first kappa shape index (κ1) is 33.0. The summed E-state index contributed by atoms with van der Waals surface area (Å²) in [4.78, 5) is 80.3. The van der Waals surface area contributed by atoms with Crippen molar-refractivity contribution in [2.75, 3.05) is 27.3 Å². The van der Waals surface area contributed by atoms with Gasteiger partial charge in [0.15, 0.2) is 0 Å². The molecular weight excluding hydrogens is 647 g/mol. The van der Waals surface area contributed by atoms with E-state index in [9.17, 15) is 28.8 Å². The predicted molar refractivity (Wildman–Crippen MR) is 183 cm³/mol. The van der Waals surface area contributed by atoms with Crippen LogP contribution in [0.15, 0.2) is 113 Å². The van der Waals surface area contributed by atoms with Gasteiger partial charge < -0.3 is 20.1 Å². The van der Waals surface area contributed by atoms with Crippen molar-refractivity contribution in [2.24, 2.45) is 0 Å². The number of rotatable bonds is 9. The normalized spacial score (nSPS) is 15.3. The molecule has 1 aliphatic heterocycles. The monoisotopic (exact) mass is 678 g/mol. The number of hydrogen-bond donors (Lipinski definition) is 2. The number of nitrogens with one attached hydrogen (secondary N) is 2. The first-order chi connectivity index (χ1) is 23.8. The Morgan fingerprint density at radius 1 is 0.592 bits per heavy atom. The highest BCUT2D eigenvalue weighted by Gasteiger charge is 2.47. The lowest BCUT2D eigenvalue weighted by Gasteiger charge is -2.27. The van der Waals surface area contributed by atoms with Gasteiger partial charge in [0.25, 0.3) is 22.9 Å². The SMILES string of the molecule is COC(=O)CNC(=O)c1ccccc1[C@@H]1n2c(=O)c3ccccc3c(=O)n2[C@@H](c2ccccc2C(=O)NCC(=O)OC)P1c1ccccc1. The van der Waals surface area contributed by atoms with E-state index in [0.29, 0.717) is 11.1 Å². The molecule has 4 aromatic carbocycles.